The van der Waals surface area contributed by atoms with Gasteiger partial charge in [-0.2, -0.15) is 0 Å². The molecular weight excluding hydrogens is 378 g/mol. The van der Waals surface area contributed by atoms with Crippen LogP contribution >= 0.6 is 0 Å². The minimum atomic E-state index is 0.169. The average Bonchev–Trinajstić information content (AvgIpc) is 2.85. The fraction of sp³-hybridized carbons (Fsp3) is 0.179. The molecular formula is C28H25N3. The number of benzene rings is 2. The molecule has 0 N–H and O–H groups in total. The SMILES string of the molecule is Cc1nc(-c2cccc(C3C=CC=CC3)c2)nc(C2C=CC(c3ccccc3)=CC2)n1. The maximum absolute atomic E-state index is 4.88. The lowest BCUT2D eigenvalue weighted by molar-refractivity contribution is 0.751. The zero-order chi connectivity index (χ0) is 21.0. The quantitative estimate of drug-likeness (QED) is 0.494. The summed E-state index contributed by atoms with van der Waals surface area (Å²) in [5.41, 5.74) is 4.84. The summed E-state index contributed by atoms with van der Waals surface area (Å²) in [6.07, 6.45) is 17.3. The fourth-order valence-electron chi connectivity index (χ4n) is 4.19. The van der Waals surface area contributed by atoms with Crippen LogP contribution in [-0.2, 0) is 0 Å². The van der Waals surface area contributed by atoms with E-state index in [2.05, 4.69) is 101 Å². The predicted molar refractivity (Wildman–Crippen MR) is 127 cm³/mol. The normalized spacial score (nSPS) is 20.0. The monoisotopic (exact) mass is 403 g/mol. The summed E-state index contributed by atoms with van der Waals surface area (Å²) in [6.45, 7) is 1.95. The highest BCUT2D eigenvalue weighted by Crippen LogP contribution is 2.31. The number of hydrogen-bond donors (Lipinski definition) is 0. The summed E-state index contributed by atoms with van der Waals surface area (Å²) in [4.78, 5) is 14.2. The number of aryl methyl sites for hydroxylation is 1. The Morgan fingerprint density at radius 1 is 0.774 bits per heavy atom. The largest absolute Gasteiger partial charge is 0.218 e. The molecule has 5 rings (SSSR count). The standard InChI is InChI=1S/C28H25N3/c1-20-29-27(24-17-15-23(16-18-24)21-9-4-2-5-10-21)31-28(30-20)26-14-8-13-25(19-26)22-11-6-3-7-12-22/h2-11,13-17,19,22,24H,12,18H2,1H3. The maximum Gasteiger partial charge on any atom is 0.163 e. The fourth-order valence-corrected chi connectivity index (χ4v) is 4.19. The van der Waals surface area contributed by atoms with Gasteiger partial charge in [-0.25, -0.2) is 15.0 Å². The highest BCUT2D eigenvalue weighted by Gasteiger charge is 2.18. The number of aromatic nitrogens is 3. The van der Waals surface area contributed by atoms with E-state index in [4.69, 9.17) is 4.98 Å². The Morgan fingerprint density at radius 2 is 1.65 bits per heavy atom. The van der Waals surface area contributed by atoms with Crippen LogP contribution in [-0.4, -0.2) is 15.0 Å². The van der Waals surface area contributed by atoms with Crippen molar-refractivity contribution in [1.82, 2.24) is 15.0 Å². The van der Waals surface area contributed by atoms with E-state index >= 15 is 0 Å². The molecule has 0 bridgehead atoms. The summed E-state index contributed by atoms with van der Waals surface area (Å²) in [5.74, 6) is 2.94. The molecule has 3 aromatic rings. The molecule has 2 aliphatic carbocycles. The van der Waals surface area contributed by atoms with E-state index in [1.807, 2.05) is 13.0 Å². The van der Waals surface area contributed by atoms with Crippen molar-refractivity contribution in [2.45, 2.75) is 31.6 Å². The predicted octanol–water partition coefficient (Wildman–Crippen LogP) is 6.57. The van der Waals surface area contributed by atoms with Gasteiger partial charge in [0, 0.05) is 17.4 Å². The minimum Gasteiger partial charge on any atom is -0.218 e. The van der Waals surface area contributed by atoms with Crippen LogP contribution in [0, 0.1) is 6.92 Å². The van der Waals surface area contributed by atoms with Crippen molar-refractivity contribution in [2.24, 2.45) is 0 Å². The zero-order valence-electron chi connectivity index (χ0n) is 17.6. The summed E-state index contributed by atoms with van der Waals surface area (Å²) in [6, 6.07) is 19.1. The first-order valence-electron chi connectivity index (χ1n) is 10.9. The van der Waals surface area contributed by atoms with Crippen molar-refractivity contribution < 1.29 is 0 Å². The van der Waals surface area contributed by atoms with E-state index in [1.54, 1.807) is 0 Å². The van der Waals surface area contributed by atoms with Gasteiger partial charge in [-0.05, 0) is 42.5 Å². The van der Waals surface area contributed by atoms with Crippen LogP contribution in [0.5, 0.6) is 0 Å². The van der Waals surface area contributed by atoms with Crippen LogP contribution in [0.15, 0.2) is 97.1 Å². The lowest BCUT2D eigenvalue weighted by Gasteiger charge is -2.17. The Labute approximate surface area is 183 Å². The van der Waals surface area contributed by atoms with Crippen LogP contribution < -0.4 is 0 Å². The maximum atomic E-state index is 4.88. The second-order valence-corrected chi connectivity index (χ2v) is 8.07. The van der Waals surface area contributed by atoms with Gasteiger partial charge in [-0.1, -0.05) is 91.1 Å². The van der Waals surface area contributed by atoms with Gasteiger partial charge < -0.3 is 0 Å². The Hall–Kier alpha value is -3.59. The first kappa shape index (κ1) is 19.4. The topological polar surface area (TPSA) is 38.7 Å². The molecule has 1 heterocycles. The van der Waals surface area contributed by atoms with E-state index in [1.165, 1.54) is 16.7 Å². The van der Waals surface area contributed by atoms with Gasteiger partial charge in [0.2, 0.25) is 0 Å². The molecule has 0 fully saturated rings. The number of allylic oxidation sites excluding steroid dienone is 8. The molecule has 0 saturated heterocycles. The highest BCUT2D eigenvalue weighted by atomic mass is 15.0. The highest BCUT2D eigenvalue weighted by molar-refractivity contribution is 5.75. The molecule has 3 heteroatoms. The number of hydrogen-bond acceptors (Lipinski definition) is 3. The molecule has 2 aliphatic rings. The summed E-state index contributed by atoms with van der Waals surface area (Å²) in [5, 5.41) is 0. The summed E-state index contributed by atoms with van der Waals surface area (Å²) >= 11 is 0. The summed E-state index contributed by atoms with van der Waals surface area (Å²) < 4.78 is 0. The third kappa shape index (κ3) is 4.31. The molecule has 0 saturated carbocycles. The van der Waals surface area contributed by atoms with Gasteiger partial charge in [0.1, 0.15) is 11.6 Å². The molecule has 2 unspecified atom stereocenters. The van der Waals surface area contributed by atoms with E-state index in [0.717, 1.165) is 35.9 Å². The molecule has 0 spiro atoms. The van der Waals surface area contributed by atoms with E-state index in [-0.39, 0.29) is 5.92 Å². The summed E-state index contributed by atoms with van der Waals surface area (Å²) in [7, 11) is 0. The van der Waals surface area contributed by atoms with Crippen molar-refractivity contribution in [1.29, 1.82) is 0 Å². The van der Waals surface area contributed by atoms with Gasteiger partial charge in [-0.3, -0.25) is 0 Å². The van der Waals surface area contributed by atoms with Crippen LogP contribution in [0.4, 0.5) is 0 Å². The average molecular weight is 404 g/mol. The Morgan fingerprint density at radius 3 is 2.42 bits per heavy atom. The van der Waals surface area contributed by atoms with E-state index in [0.29, 0.717) is 5.92 Å². The van der Waals surface area contributed by atoms with Gasteiger partial charge in [0.25, 0.3) is 0 Å². The minimum absolute atomic E-state index is 0.169. The molecule has 2 aromatic carbocycles. The van der Waals surface area contributed by atoms with Crippen LogP contribution in [0.3, 0.4) is 0 Å². The Bertz CT molecular complexity index is 1200. The first-order chi connectivity index (χ1) is 15.3. The van der Waals surface area contributed by atoms with Gasteiger partial charge in [-0.15, -0.1) is 0 Å². The van der Waals surface area contributed by atoms with Crippen molar-refractivity contribution >= 4 is 5.57 Å². The zero-order valence-corrected chi connectivity index (χ0v) is 17.6. The lowest BCUT2D eigenvalue weighted by atomic mass is 9.91. The van der Waals surface area contributed by atoms with Crippen molar-refractivity contribution in [2.75, 3.05) is 0 Å². The molecule has 0 radical (unpaired) electrons. The number of nitrogens with zero attached hydrogens (tertiary/aromatic N) is 3. The smallest absolute Gasteiger partial charge is 0.163 e. The second-order valence-electron chi connectivity index (χ2n) is 8.07. The van der Waals surface area contributed by atoms with Crippen LogP contribution in [0.25, 0.3) is 17.0 Å². The van der Waals surface area contributed by atoms with Crippen molar-refractivity contribution in [3.63, 3.8) is 0 Å². The molecule has 152 valence electrons. The van der Waals surface area contributed by atoms with E-state index in [9.17, 15) is 0 Å². The second kappa shape index (κ2) is 8.65. The third-order valence-corrected chi connectivity index (χ3v) is 5.86. The van der Waals surface area contributed by atoms with E-state index < -0.39 is 0 Å². The van der Waals surface area contributed by atoms with Crippen molar-refractivity contribution in [3.05, 3.63) is 120 Å². The molecule has 0 aliphatic heterocycles. The Kier molecular flexibility index (Phi) is 5.40. The lowest BCUT2D eigenvalue weighted by Crippen LogP contribution is -2.08. The third-order valence-electron chi connectivity index (χ3n) is 5.86. The molecule has 1 aromatic heterocycles. The molecule has 3 nitrogen and oxygen atoms in total. The van der Waals surface area contributed by atoms with Crippen LogP contribution in [0.1, 0.15) is 47.5 Å². The molecule has 0 amide bonds. The van der Waals surface area contributed by atoms with Crippen LogP contribution in [0.2, 0.25) is 0 Å². The Balaban J connectivity index is 1.41. The first-order valence-corrected chi connectivity index (χ1v) is 10.9. The number of rotatable bonds is 4. The van der Waals surface area contributed by atoms with Crippen molar-refractivity contribution in [3.8, 4) is 11.4 Å². The van der Waals surface area contributed by atoms with Gasteiger partial charge in [0.05, 0.1) is 0 Å². The molecule has 31 heavy (non-hydrogen) atoms. The van der Waals surface area contributed by atoms with Gasteiger partial charge >= 0.3 is 0 Å². The molecule has 2 atom stereocenters. The van der Waals surface area contributed by atoms with Gasteiger partial charge in [0.15, 0.2) is 5.82 Å².